The number of halogens is 2. The monoisotopic (exact) mass is 381 g/mol. The summed E-state index contributed by atoms with van der Waals surface area (Å²) in [5.41, 5.74) is 3.60. The predicted octanol–water partition coefficient (Wildman–Crippen LogP) is 4.20. The number of hydrogen-bond donors (Lipinski definition) is 2. The van der Waals surface area contributed by atoms with E-state index in [0.717, 1.165) is 37.1 Å². The minimum atomic E-state index is -0.528. The maximum absolute atomic E-state index is 10.3. The van der Waals surface area contributed by atoms with E-state index < -0.39 is 6.10 Å². The molecule has 1 aliphatic rings. The molecular weight excluding hydrogens is 357 g/mol. The zero-order chi connectivity index (χ0) is 16.9. The van der Waals surface area contributed by atoms with Crippen LogP contribution in [-0.2, 0) is 12.8 Å². The number of rotatable bonds is 6. The summed E-state index contributed by atoms with van der Waals surface area (Å²) >= 11 is 5.98. The van der Waals surface area contributed by atoms with Crippen molar-refractivity contribution in [1.82, 2.24) is 5.32 Å². The van der Waals surface area contributed by atoms with Crippen molar-refractivity contribution in [2.45, 2.75) is 25.4 Å². The summed E-state index contributed by atoms with van der Waals surface area (Å²) in [4.78, 5) is 0. The minimum absolute atomic E-state index is 0. The molecule has 2 atom stereocenters. The molecular formula is C20H25Cl2NO2. The molecule has 136 valence electrons. The smallest absolute Gasteiger partial charge is 0.122 e. The van der Waals surface area contributed by atoms with E-state index >= 15 is 0 Å². The Bertz CT molecular complexity index is 693. The topological polar surface area (TPSA) is 41.5 Å². The molecule has 0 aromatic heterocycles. The first-order valence-corrected chi connectivity index (χ1v) is 8.84. The summed E-state index contributed by atoms with van der Waals surface area (Å²) in [6.07, 6.45) is 2.74. The quantitative estimate of drug-likeness (QED) is 0.787. The Kier molecular flexibility index (Phi) is 7.57. The molecule has 2 aromatic carbocycles. The van der Waals surface area contributed by atoms with E-state index in [1.54, 1.807) is 7.11 Å². The van der Waals surface area contributed by atoms with Gasteiger partial charge in [0.15, 0.2) is 0 Å². The fourth-order valence-corrected chi connectivity index (χ4v) is 3.67. The summed E-state index contributed by atoms with van der Waals surface area (Å²) in [6.45, 7) is 1.45. The third-order valence-electron chi connectivity index (χ3n) is 4.77. The summed E-state index contributed by atoms with van der Waals surface area (Å²) in [6, 6.07) is 13.7. The Hall–Kier alpha value is -1.26. The maximum atomic E-state index is 10.3. The van der Waals surface area contributed by atoms with Gasteiger partial charge in [-0.3, -0.25) is 0 Å². The zero-order valence-electron chi connectivity index (χ0n) is 14.4. The third-order valence-corrected chi connectivity index (χ3v) is 5.00. The largest absolute Gasteiger partial charge is 0.496 e. The van der Waals surface area contributed by atoms with E-state index in [2.05, 4.69) is 17.4 Å². The van der Waals surface area contributed by atoms with Crippen LogP contribution in [0, 0.1) is 5.92 Å². The first-order chi connectivity index (χ1) is 11.7. The Morgan fingerprint density at radius 1 is 1.28 bits per heavy atom. The molecule has 0 bridgehead atoms. The molecule has 0 spiro atoms. The Labute approximate surface area is 160 Å². The standard InChI is InChI=1S/C20H24ClNO2.ClH/c1-24-20-7-3-4-15-10-14(8-9-18(15)20)12-22-13-19(23)16-5-2-6-17(21)11-16;/h2-7,11,14,19,22-23H,8-10,12-13H2,1H3;1H. The van der Waals surface area contributed by atoms with Crippen molar-refractivity contribution in [3.8, 4) is 5.75 Å². The van der Waals surface area contributed by atoms with Crippen LogP contribution in [0.3, 0.4) is 0 Å². The zero-order valence-corrected chi connectivity index (χ0v) is 15.9. The molecule has 2 unspecified atom stereocenters. The Balaban J connectivity index is 0.00000225. The van der Waals surface area contributed by atoms with Crippen LogP contribution in [0.2, 0.25) is 5.02 Å². The van der Waals surface area contributed by atoms with Gasteiger partial charge in [-0.15, -0.1) is 12.4 Å². The number of benzene rings is 2. The average Bonchev–Trinajstić information content (AvgIpc) is 2.61. The van der Waals surface area contributed by atoms with Crippen LogP contribution < -0.4 is 10.1 Å². The van der Waals surface area contributed by atoms with Crippen molar-refractivity contribution in [3.63, 3.8) is 0 Å². The molecule has 2 N–H and O–H groups in total. The van der Waals surface area contributed by atoms with E-state index in [0.29, 0.717) is 17.5 Å². The molecule has 0 heterocycles. The molecule has 0 amide bonds. The van der Waals surface area contributed by atoms with Crippen LogP contribution in [0.5, 0.6) is 5.75 Å². The summed E-state index contributed by atoms with van der Waals surface area (Å²) in [5, 5.41) is 14.3. The number of nitrogens with one attached hydrogen (secondary N) is 1. The molecule has 3 rings (SSSR count). The van der Waals surface area contributed by atoms with Crippen LogP contribution in [-0.4, -0.2) is 25.3 Å². The molecule has 3 nitrogen and oxygen atoms in total. The van der Waals surface area contributed by atoms with Gasteiger partial charge >= 0.3 is 0 Å². The first kappa shape index (κ1) is 20.1. The van der Waals surface area contributed by atoms with E-state index in [-0.39, 0.29) is 12.4 Å². The van der Waals surface area contributed by atoms with E-state index in [1.807, 2.05) is 30.3 Å². The molecule has 0 radical (unpaired) electrons. The van der Waals surface area contributed by atoms with Gasteiger partial charge in [-0.25, -0.2) is 0 Å². The number of hydrogen-bond acceptors (Lipinski definition) is 3. The highest BCUT2D eigenvalue weighted by Crippen LogP contribution is 2.31. The van der Waals surface area contributed by atoms with E-state index in [9.17, 15) is 5.11 Å². The van der Waals surface area contributed by atoms with Gasteiger partial charge in [0.1, 0.15) is 5.75 Å². The van der Waals surface area contributed by atoms with E-state index in [1.165, 1.54) is 11.1 Å². The van der Waals surface area contributed by atoms with E-state index in [4.69, 9.17) is 16.3 Å². The lowest BCUT2D eigenvalue weighted by molar-refractivity contribution is 0.172. The van der Waals surface area contributed by atoms with Crippen LogP contribution in [0.4, 0.5) is 0 Å². The second-order valence-corrected chi connectivity index (χ2v) is 6.87. The van der Waals surface area contributed by atoms with Crippen molar-refractivity contribution in [1.29, 1.82) is 0 Å². The molecule has 1 aliphatic carbocycles. The highest BCUT2D eigenvalue weighted by Gasteiger charge is 2.21. The second kappa shape index (κ2) is 9.44. The van der Waals surface area contributed by atoms with Gasteiger partial charge in [0.2, 0.25) is 0 Å². The predicted molar refractivity (Wildman–Crippen MR) is 105 cm³/mol. The third kappa shape index (κ3) is 5.11. The number of aliphatic hydroxyl groups is 1. The lowest BCUT2D eigenvalue weighted by Crippen LogP contribution is -2.30. The van der Waals surface area contributed by atoms with Crippen LogP contribution in [0.25, 0.3) is 0 Å². The number of methoxy groups -OCH3 is 1. The Morgan fingerprint density at radius 3 is 2.84 bits per heavy atom. The average molecular weight is 382 g/mol. The number of fused-ring (bicyclic) bond motifs is 1. The van der Waals surface area contributed by atoms with Crippen LogP contribution in [0.1, 0.15) is 29.2 Å². The van der Waals surface area contributed by atoms with Crippen molar-refractivity contribution < 1.29 is 9.84 Å². The highest BCUT2D eigenvalue weighted by atomic mass is 35.5. The van der Waals surface area contributed by atoms with Gasteiger partial charge < -0.3 is 15.2 Å². The SMILES string of the molecule is COc1cccc2c1CCC(CNCC(O)c1cccc(Cl)c1)C2.Cl. The summed E-state index contributed by atoms with van der Waals surface area (Å²) in [7, 11) is 1.74. The second-order valence-electron chi connectivity index (χ2n) is 6.44. The Morgan fingerprint density at radius 2 is 2.08 bits per heavy atom. The van der Waals surface area contributed by atoms with Gasteiger partial charge in [0.05, 0.1) is 13.2 Å². The van der Waals surface area contributed by atoms with Gasteiger partial charge in [0, 0.05) is 11.6 Å². The van der Waals surface area contributed by atoms with Crippen molar-refractivity contribution in [2.75, 3.05) is 20.2 Å². The lowest BCUT2D eigenvalue weighted by Gasteiger charge is -2.26. The van der Waals surface area contributed by atoms with Gasteiger partial charge in [-0.2, -0.15) is 0 Å². The lowest BCUT2D eigenvalue weighted by atomic mass is 9.83. The molecule has 0 fully saturated rings. The van der Waals surface area contributed by atoms with Gasteiger partial charge in [-0.1, -0.05) is 35.9 Å². The van der Waals surface area contributed by atoms with Gasteiger partial charge in [0.25, 0.3) is 0 Å². The minimum Gasteiger partial charge on any atom is -0.496 e. The van der Waals surface area contributed by atoms with Crippen LogP contribution in [0.15, 0.2) is 42.5 Å². The molecule has 5 heteroatoms. The fraction of sp³-hybridized carbons (Fsp3) is 0.400. The molecule has 25 heavy (non-hydrogen) atoms. The molecule has 2 aromatic rings. The number of aliphatic hydroxyl groups excluding tert-OH is 1. The summed E-state index contributed by atoms with van der Waals surface area (Å²) < 4.78 is 5.46. The van der Waals surface area contributed by atoms with Gasteiger partial charge in [-0.05, 0) is 66.6 Å². The van der Waals surface area contributed by atoms with Crippen molar-refractivity contribution in [2.24, 2.45) is 5.92 Å². The number of ether oxygens (including phenoxy) is 1. The maximum Gasteiger partial charge on any atom is 0.122 e. The van der Waals surface area contributed by atoms with Crippen LogP contribution >= 0.6 is 24.0 Å². The molecule has 0 aliphatic heterocycles. The van der Waals surface area contributed by atoms with Crippen molar-refractivity contribution >= 4 is 24.0 Å². The first-order valence-electron chi connectivity index (χ1n) is 8.46. The molecule has 0 saturated heterocycles. The fourth-order valence-electron chi connectivity index (χ4n) is 3.47. The highest BCUT2D eigenvalue weighted by molar-refractivity contribution is 6.30. The molecule has 0 saturated carbocycles. The normalized spacial score (nSPS) is 17.3. The van der Waals surface area contributed by atoms with Crippen molar-refractivity contribution in [3.05, 3.63) is 64.2 Å². The summed E-state index contributed by atoms with van der Waals surface area (Å²) in [5.74, 6) is 1.60.